The number of carbonyl (C=O) groups excluding carboxylic acids is 1. The number of aromatic nitrogens is 3. The molecular formula is C24H21N6O3S-. The van der Waals surface area contributed by atoms with Crippen LogP contribution in [-0.2, 0) is 23.4 Å². The lowest BCUT2D eigenvalue weighted by Gasteiger charge is -2.14. The molecule has 1 atom stereocenters. The summed E-state index contributed by atoms with van der Waals surface area (Å²) in [5.41, 5.74) is 10.4. The molecule has 0 aliphatic rings. The summed E-state index contributed by atoms with van der Waals surface area (Å²) in [6.07, 6.45) is 5.06. The minimum atomic E-state index is -2.23. The molecule has 0 radical (unpaired) electrons. The largest absolute Gasteiger partial charge is 0.772 e. The quantitative estimate of drug-likeness (QED) is 0.330. The fraction of sp³-hybridized carbons (Fsp3) is 0.0833. The van der Waals surface area contributed by atoms with Crippen molar-refractivity contribution < 1.29 is 13.6 Å². The van der Waals surface area contributed by atoms with Crippen LogP contribution in [0.2, 0.25) is 0 Å². The third-order valence-corrected chi connectivity index (χ3v) is 5.49. The molecule has 2 heterocycles. The van der Waals surface area contributed by atoms with E-state index in [2.05, 4.69) is 25.6 Å². The Hall–Kier alpha value is -3.99. The topological polar surface area (TPSA) is 146 Å². The van der Waals surface area contributed by atoms with Crippen LogP contribution in [0.3, 0.4) is 0 Å². The second-order valence-corrected chi connectivity index (χ2v) is 8.21. The number of nitrogens with zero attached hydrogens (tertiary/aromatic N) is 3. The number of benzene rings is 2. The summed E-state index contributed by atoms with van der Waals surface area (Å²) in [5.74, 6) is -0.143. The molecule has 34 heavy (non-hydrogen) atoms. The standard InChI is InChI=1S/C24H22N6O3S/c25-13-18-6-7-20(28-23(31)17-4-1-3-16(11-17)15-34(32)33)12-22(18)30-24-27-10-8-21(29-24)19-5-2-9-26-14-19/h1-12,14H,13,15,25H2,(H,28,31)(H,32,33)(H,27,29,30)/p-1. The minimum absolute atomic E-state index is 0.154. The van der Waals surface area contributed by atoms with Gasteiger partial charge in [-0.15, -0.1) is 0 Å². The fourth-order valence-corrected chi connectivity index (χ4v) is 3.76. The maximum Gasteiger partial charge on any atom is 0.255 e. The smallest absolute Gasteiger partial charge is 0.255 e. The van der Waals surface area contributed by atoms with Crippen molar-refractivity contribution in [3.8, 4) is 11.3 Å². The highest BCUT2D eigenvalue weighted by atomic mass is 32.2. The van der Waals surface area contributed by atoms with Crippen LogP contribution in [0, 0.1) is 0 Å². The van der Waals surface area contributed by atoms with Gasteiger partial charge in [0, 0.05) is 53.4 Å². The average Bonchev–Trinajstić information content (AvgIpc) is 2.85. The van der Waals surface area contributed by atoms with Crippen LogP contribution in [0.15, 0.2) is 79.3 Å². The van der Waals surface area contributed by atoms with Crippen molar-refractivity contribution in [2.45, 2.75) is 12.3 Å². The van der Waals surface area contributed by atoms with Crippen molar-refractivity contribution in [2.24, 2.45) is 5.73 Å². The van der Waals surface area contributed by atoms with E-state index in [0.717, 1.165) is 11.1 Å². The molecule has 0 bridgehead atoms. The molecule has 10 heteroatoms. The molecule has 9 nitrogen and oxygen atoms in total. The highest BCUT2D eigenvalue weighted by molar-refractivity contribution is 7.78. The molecule has 0 spiro atoms. The summed E-state index contributed by atoms with van der Waals surface area (Å²) in [7, 11) is 0. The molecular weight excluding hydrogens is 452 g/mol. The Bertz CT molecular complexity index is 1330. The van der Waals surface area contributed by atoms with Gasteiger partial charge in [0.15, 0.2) is 0 Å². The molecule has 172 valence electrons. The predicted octanol–water partition coefficient (Wildman–Crippen LogP) is 3.37. The first-order chi connectivity index (χ1) is 16.5. The number of nitrogens with two attached hydrogens (primary N) is 1. The number of amides is 1. The lowest BCUT2D eigenvalue weighted by atomic mass is 10.1. The van der Waals surface area contributed by atoms with Gasteiger partial charge in [0.1, 0.15) is 0 Å². The van der Waals surface area contributed by atoms with E-state index in [-0.39, 0.29) is 18.2 Å². The number of carbonyl (C=O) groups is 1. The van der Waals surface area contributed by atoms with Gasteiger partial charge in [-0.2, -0.15) is 0 Å². The molecule has 4 N–H and O–H groups in total. The summed E-state index contributed by atoms with van der Waals surface area (Å²) in [6.45, 7) is 0.271. The van der Waals surface area contributed by atoms with Gasteiger partial charge in [0.25, 0.3) is 5.91 Å². The van der Waals surface area contributed by atoms with E-state index in [4.69, 9.17) is 5.73 Å². The van der Waals surface area contributed by atoms with Crippen molar-refractivity contribution in [3.63, 3.8) is 0 Å². The van der Waals surface area contributed by atoms with Gasteiger partial charge < -0.3 is 20.9 Å². The first-order valence-electron chi connectivity index (χ1n) is 10.3. The molecule has 2 aromatic heterocycles. The summed E-state index contributed by atoms with van der Waals surface area (Å²) >= 11 is -2.23. The van der Waals surface area contributed by atoms with Gasteiger partial charge in [-0.25, -0.2) is 9.97 Å². The van der Waals surface area contributed by atoms with Crippen molar-refractivity contribution >= 4 is 34.3 Å². The molecule has 2 aromatic carbocycles. The van der Waals surface area contributed by atoms with Crippen LogP contribution < -0.4 is 16.4 Å². The number of hydrogen-bond donors (Lipinski definition) is 3. The van der Waals surface area contributed by atoms with Crippen LogP contribution >= 0.6 is 0 Å². The first-order valence-corrected chi connectivity index (χ1v) is 11.6. The zero-order valence-electron chi connectivity index (χ0n) is 18.0. The van der Waals surface area contributed by atoms with E-state index in [1.165, 1.54) is 0 Å². The maximum atomic E-state index is 12.7. The van der Waals surface area contributed by atoms with Gasteiger partial charge in [0.2, 0.25) is 5.95 Å². The number of nitrogens with one attached hydrogen (secondary N) is 2. The summed E-state index contributed by atoms with van der Waals surface area (Å²) < 4.78 is 21.9. The van der Waals surface area contributed by atoms with Crippen molar-refractivity contribution in [2.75, 3.05) is 10.6 Å². The third kappa shape index (κ3) is 5.87. The fourth-order valence-electron chi connectivity index (χ4n) is 3.30. The van der Waals surface area contributed by atoms with Crippen molar-refractivity contribution in [1.82, 2.24) is 15.0 Å². The van der Waals surface area contributed by atoms with Crippen LogP contribution in [0.5, 0.6) is 0 Å². The lowest BCUT2D eigenvalue weighted by molar-refractivity contribution is 0.102. The third-order valence-electron chi connectivity index (χ3n) is 4.92. The van der Waals surface area contributed by atoms with Crippen molar-refractivity contribution in [1.29, 1.82) is 0 Å². The SMILES string of the molecule is NCc1ccc(NC(=O)c2cccc(CS(=O)[O-])c2)cc1Nc1nccc(-c2cccnc2)n1. The number of hydrogen-bond acceptors (Lipinski definition) is 8. The Balaban J connectivity index is 1.55. The molecule has 0 aliphatic heterocycles. The molecule has 4 aromatic rings. The van der Waals surface area contributed by atoms with Gasteiger partial charge in [-0.05, 0) is 53.6 Å². The Morgan fingerprint density at radius 2 is 1.94 bits per heavy atom. The van der Waals surface area contributed by atoms with E-state index >= 15 is 0 Å². The van der Waals surface area contributed by atoms with Gasteiger partial charge in [-0.3, -0.25) is 14.0 Å². The Morgan fingerprint density at radius 3 is 2.71 bits per heavy atom. The monoisotopic (exact) mass is 473 g/mol. The van der Waals surface area contributed by atoms with Crippen LogP contribution in [-0.4, -0.2) is 29.6 Å². The van der Waals surface area contributed by atoms with E-state index in [1.54, 1.807) is 67.1 Å². The molecule has 0 saturated heterocycles. The molecule has 0 fully saturated rings. The highest BCUT2D eigenvalue weighted by Gasteiger charge is 2.11. The Kier molecular flexibility index (Phi) is 7.33. The maximum absolute atomic E-state index is 12.7. The second-order valence-electron chi connectivity index (χ2n) is 7.31. The molecule has 1 amide bonds. The molecule has 0 saturated carbocycles. The van der Waals surface area contributed by atoms with Crippen LogP contribution in [0.1, 0.15) is 21.5 Å². The van der Waals surface area contributed by atoms with E-state index < -0.39 is 11.1 Å². The number of pyridine rings is 1. The van der Waals surface area contributed by atoms with E-state index in [9.17, 15) is 13.6 Å². The predicted molar refractivity (Wildman–Crippen MR) is 130 cm³/mol. The van der Waals surface area contributed by atoms with E-state index in [0.29, 0.717) is 34.1 Å². The normalized spacial score (nSPS) is 11.6. The Morgan fingerprint density at radius 1 is 1.06 bits per heavy atom. The molecule has 4 rings (SSSR count). The second kappa shape index (κ2) is 10.8. The number of anilines is 3. The molecule has 0 aliphatic carbocycles. The van der Waals surface area contributed by atoms with E-state index in [1.807, 2.05) is 12.1 Å². The highest BCUT2D eigenvalue weighted by Crippen LogP contribution is 2.25. The number of rotatable bonds is 8. The zero-order chi connectivity index (χ0) is 23.9. The minimum Gasteiger partial charge on any atom is -0.772 e. The summed E-state index contributed by atoms with van der Waals surface area (Å²) in [4.78, 5) is 25.7. The Labute approximate surface area is 198 Å². The van der Waals surface area contributed by atoms with Crippen molar-refractivity contribution in [3.05, 3.63) is 95.9 Å². The summed E-state index contributed by atoms with van der Waals surface area (Å²) in [6, 6.07) is 17.3. The van der Waals surface area contributed by atoms with Crippen LogP contribution in [0.25, 0.3) is 11.3 Å². The summed E-state index contributed by atoms with van der Waals surface area (Å²) in [5, 5.41) is 6.01. The zero-order valence-corrected chi connectivity index (χ0v) is 18.8. The lowest BCUT2D eigenvalue weighted by Crippen LogP contribution is -2.13. The molecule has 1 unspecified atom stereocenters. The average molecular weight is 474 g/mol. The van der Waals surface area contributed by atoms with Gasteiger partial charge >= 0.3 is 0 Å². The van der Waals surface area contributed by atoms with Crippen LogP contribution in [0.4, 0.5) is 17.3 Å². The van der Waals surface area contributed by atoms with Gasteiger partial charge in [-0.1, -0.05) is 29.3 Å². The van der Waals surface area contributed by atoms with Gasteiger partial charge in [0.05, 0.1) is 5.69 Å². The first kappa shape index (κ1) is 23.2.